The molecule has 1 atom stereocenters. The summed E-state index contributed by atoms with van der Waals surface area (Å²) in [5.41, 5.74) is 1.71. The summed E-state index contributed by atoms with van der Waals surface area (Å²) in [4.78, 5) is 12.3. The van der Waals surface area contributed by atoms with Crippen molar-refractivity contribution in [2.75, 3.05) is 0 Å². The predicted molar refractivity (Wildman–Crippen MR) is 71.8 cm³/mol. The molecule has 96 valence electrons. The van der Waals surface area contributed by atoms with Gasteiger partial charge >= 0.3 is 0 Å². The molecule has 0 radical (unpaired) electrons. The summed E-state index contributed by atoms with van der Waals surface area (Å²) in [6.07, 6.45) is 1.40. The predicted octanol–water partition coefficient (Wildman–Crippen LogP) is 3.03. The van der Waals surface area contributed by atoms with Crippen LogP contribution in [0.3, 0.4) is 0 Å². The van der Waals surface area contributed by atoms with Crippen LogP contribution < -0.4 is 5.32 Å². The smallest absolute Gasteiger partial charge is 0.266 e. The van der Waals surface area contributed by atoms with E-state index in [-0.39, 0.29) is 11.4 Å². The molecule has 1 aliphatic heterocycles. The minimum atomic E-state index is -0.551. The minimum Gasteiger partial charge on any atom is -0.480 e. The van der Waals surface area contributed by atoms with Gasteiger partial charge in [-0.2, -0.15) is 0 Å². The first-order valence-electron chi connectivity index (χ1n) is 6.13. The zero-order valence-electron chi connectivity index (χ0n) is 11.3. The first kappa shape index (κ1) is 12.7. The van der Waals surface area contributed by atoms with Gasteiger partial charge in [0.25, 0.3) is 5.91 Å². The summed E-state index contributed by atoms with van der Waals surface area (Å²) in [6, 6.07) is 7.82. The second-order valence-electron chi connectivity index (χ2n) is 5.62. The number of fused-ring (bicyclic) bond motifs is 1. The van der Waals surface area contributed by atoms with Crippen molar-refractivity contribution in [2.24, 2.45) is 0 Å². The second-order valence-corrected chi connectivity index (χ2v) is 5.62. The van der Waals surface area contributed by atoms with E-state index >= 15 is 0 Å². The van der Waals surface area contributed by atoms with Gasteiger partial charge in [-0.3, -0.25) is 4.79 Å². The van der Waals surface area contributed by atoms with Crippen molar-refractivity contribution < 1.29 is 9.53 Å². The maximum Gasteiger partial charge on any atom is 0.266 e. The largest absolute Gasteiger partial charge is 0.480 e. The van der Waals surface area contributed by atoms with Gasteiger partial charge in [-0.25, -0.2) is 0 Å². The molecular formula is C15H19NO2. The van der Waals surface area contributed by atoms with E-state index in [1.807, 2.05) is 58.0 Å². The molecule has 0 fully saturated rings. The Labute approximate surface area is 108 Å². The number of nitrogens with one attached hydrogen (secondary N) is 1. The average Bonchev–Trinajstić information content (AvgIpc) is 2.25. The van der Waals surface area contributed by atoms with Gasteiger partial charge < -0.3 is 10.1 Å². The number of amides is 1. The third kappa shape index (κ3) is 2.73. The fourth-order valence-electron chi connectivity index (χ4n) is 2.01. The third-order valence-electron chi connectivity index (χ3n) is 2.68. The van der Waals surface area contributed by atoms with Crippen molar-refractivity contribution in [1.82, 2.24) is 5.32 Å². The topological polar surface area (TPSA) is 38.3 Å². The Balaban J connectivity index is 2.30. The summed E-state index contributed by atoms with van der Waals surface area (Å²) in [5, 5.41) is 2.96. The quantitative estimate of drug-likeness (QED) is 0.826. The van der Waals surface area contributed by atoms with E-state index in [1.54, 1.807) is 0 Å². The van der Waals surface area contributed by atoms with Gasteiger partial charge in [0.2, 0.25) is 6.10 Å². The molecule has 0 aromatic heterocycles. The molecule has 0 saturated heterocycles. The Morgan fingerprint density at radius 1 is 1.28 bits per heavy atom. The van der Waals surface area contributed by atoms with Gasteiger partial charge in [0.15, 0.2) is 0 Å². The zero-order chi connectivity index (χ0) is 13.3. The van der Waals surface area contributed by atoms with Crippen LogP contribution in [0.25, 0.3) is 6.08 Å². The molecule has 2 rings (SSSR count). The normalized spacial score (nSPS) is 18.4. The molecule has 1 aliphatic rings. The Morgan fingerprint density at radius 2 is 1.94 bits per heavy atom. The van der Waals surface area contributed by atoms with Crippen molar-refractivity contribution in [3.05, 3.63) is 41.2 Å². The van der Waals surface area contributed by atoms with Crippen LogP contribution in [-0.2, 0) is 9.53 Å². The maximum atomic E-state index is 12.3. The molecule has 0 bridgehead atoms. The van der Waals surface area contributed by atoms with Gasteiger partial charge in [-0.05, 0) is 39.3 Å². The molecule has 1 N–H and O–H groups in total. The number of ether oxygens (including phenoxy) is 1. The van der Waals surface area contributed by atoms with Crippen molar-refractivity contribution in [1.29, 1.82) is 0 Å². The Kier molecular flexibility index (Phi) is 3.16. The molecule has 0 aliphatic carbocycles. The Morgan fingerprint density at radius 3 is 2.61 bits per heavy atom. The number of carbonyl (C=O) groups excluding carboxylic acids is 1. The van der Waals surface area contributed by atoms with Gasteiger partial charge in [-0.15, -0.1) is 0 Å². The van der Waals surface area contributed by atoms with Crippen molar-refractivity contribution in [2.45, 2.75) is 39.3 Å². The Bertz CT molecular complexity index is 497. The molecular weight excluding hydrogens is 226 g/mol. The number of benzene rings is 1. The standard InChI is InChI=1S/C15H19NO2/c1-10-9-11-7-5-6-8-12(11)13(18-10)14(17)16-15(2,3)4/h5-9,13H,1-4H3,(H,16,17). The number of allylic oxidation sites excluding steroid dienone is 1. The lowest BCUT2D eigenvalue weighted by Crippen LogP contribution is -2.44. The first-order valence-corrected chi connectivity index (χ1v) is 6.13. The molecule has 3 heteroatoms. The first-order chi connectivity index (χ1) is 8.37. The molecule has 1 aromatic carbocycles. The molecule has 0 saturated carbocycles. The van der Waals surface area contributed by atoms with E-state index in [0.717, 1.165) is 16.9 Å². The van der Waals surface area contributed by atoms with Crippen LogP contribution in [0.5, 0.6) is 0 Å². The highest BCUT2D eigenvalue weighted by Gasteiger charge is 2.29. The van der Waals surface area contributed by atoms with E-state index < -0.39 is 6.10 Å². The average molecular weight is 245 g/mol. The second kappa shape index (κ2) is 4.48. The number of hydrogen-bond donors (Lipinski definition) is 1. The highest BCUT2D eigenvalue weighted by molar-refractivity contribution is 5.85. The van der Waals surface area contributed by atoms with Crippen LogP contribution in [0.4, 0.5) is 0 Å². The van der Waals surface area contributed by atoms with E-state index in [9.17, 15) is 4.79 Å². The van der Waals surface area contributed by atoms with Crippen molar-refractivity contribution in [3.63, 3.8) is 0 Å². The van der Waals surface area contributed by atoms with E-state index in [4.69, 9.17) is 4.74 Å². The SMILES string of the molecule is CC1=Cc2ccccc2C(C(=O)NC(C)(C)C)O1. The molecule has 18 heavy (non-hydrogen) atoms. The van der Waals surface area contributed by atoms with E-state index in [2.05, 4.69) is 5.32 Å². The van der Waals surface area contributed by atoms with Crippen LogP contribution in [-0.4, -0.2) is 11.4 Å². The lowest BCUT2D eigenvalue weighted by atomic mass is 9.98. The third-order valence-corrected chi connectivity index (χ3v) is 2.68. The lowest BCUT2D eigenvalue weighted by Gasteiger charge is -2.28. The summed E-state index contributed by atoms with van der Waals surface area (Å²) >= 11 is 0. The molecule has 1 aromatic rings. The van der Waals surface area contributed by atoms with Gasteiger partial charge in [-0.1, -0.05) is 24.3 Å². The number of carbonyl (C=O) groups is 1. The highest BCUT2D eigenvalue weighted by Crippen LogP contribution is 2.31. The van der Waals surface area contributed by atoms with Gasteiger partial charge in [0, 0.05) is 11.1 Å². The molecule has 1 heterocycles. The van der Waals surface area contributed by atoms with E-state index in [0.29, 0.717) is 0 Å². The fourth-order valence-corrected chi connectivity index (χ4v) is 2.01. The monoisotopic (exact) mass is 245 g/mol. The minimum absolute atomic E-state index is 0.0950. The number of hydrogen-bond acceptors (Lipinski definition) is 2. The van der Waals surface area contributed by atoms with Gasteiger partial charge in [0.05, 0.1) is 5.76 Å². The van der Waals surface area contributed by atoms with Crippen LogP contribution in [0.2, 0.25) is 0 Å². The molecule has 3 nitrogen and oxygen atoms in total. The molecule has 0 spiro atoms. The summed E-state index contributed by atoms with van der Waals surface area (Å²) < 4.78 is 5.67. The van der Waals surface area contributed by atoms with Gasteiger partial charge in [0.1, 0.15) is 0 Å². The van der Waals surface area contributed by atoms with Crippen LogP contribution >= 0.6 is 0 Å². The Hall–Kier alpha value is -1.77. The van der Waals surface area contributed by atoms with E-state index in [1.165, 1.54) is 0 Å². The molecule has 1 unspecified atom stereocenters. The summed E-state index contributed by atoms with van der Waals surface area (Å²) in [7, 11) is 0. The molecule has 1 amide bonds. The van der Waals surface area contributed by atoms with Crippen LogP contribution in [0.1, 0.15) is 44.9 Å². The van der Waals surface area contributed by atoms with Crippen molar-refractivity contribution in [3.8, 4) is 0 Å². The highest BCUT2D eigenvalue weighted by atomic mass is 16.5. The summed E-state index contributed by atoms with van der Waals surface area (Å²) in [6.45, 7) is 7.75. The van der Waals surface area contributed by atoms with Crippen LogP contribution in [0, 0.1) is 0 Å². The fraction of sp³-hybridized carbons (Fsp3) is 0.400. The van der Waals surface area contributed by atoms with Crippen LogP contribution in [0.15, 0.2) is 30.0 Å². The van der Waals surface area contributed by atoms with Crippen molar-refractivity contribution >= 4 is 12.0 Å². The zero-order valence-corrected chi connectivity index (χ0v) is 11.3. The lowest BCUT2D eigenvalue weighted by molar-refractivity contribution is -0.132. The maximum absolute atomic E-state index is 12.3. The number of rotatable bonds is 1. The summed E-state index contributed by atoms with van der Waals surface area (Å²) in [5.74, 6) is 0.671.